The molecule has 0 aromatic carbocycles. The van der Waals surface area contributed by atoms with Crippen LogP contribution in [0.1, 0.15) is 83.1 Å². The monoisotopic (exact) mass is 472 g/mol. The normalized spacial score (nSPS) is 16.2. The van der Waals surface area contributed by atoms with Gasteiger partial charge in [-0.2, -0.15) is 0 Å². The molecule has 0 bridgehead atoms. The van der Waals surface area contributed by atoms with Crippen molar-refractivity contribution in [1.82, 2.24) is 15.5 Å². The van der Waals surface area contributed by atoms with E-state index >= 15 is 0 Å². The summed E-state index contributed by atoms with van der Waals surface area (Å²) >= 11 is -3.22. The van der Waals surface area contributed by atoms with E-state index in [2.05, 4.69) is 98.6 Å². The molecule has 0 saturated heterocycles. The van der Waals surface area contributed by atoms with Crippen LogP contribution in [0.5, 0.6) is 0 Å². The second-order valence-electron chi connectivity index (χ2n) is 10.0. The van der Waals surface area contributed by atoms with Gasteiger partial charge in [-0.25, -0.2) is 0 Å². The molecule has 0 aromatic rings. The summed E-state index contributed by atoms with van der Waals surface area (Å²) in [6.45, 7) is 26.8. The standard InChI is InChI=1S/4C4H10N.W/c4*1-4(2,3)5;/h4*5H,1-3H3;/q4*-1;+4. The second kappa shape index (κ2) is 6.57. The van der Waals surface area contributed by atoms with Gasteiger partial charge in [-0.1, -0.05) is 0 Å². The van der Waals surface area contributed by atoms with Crippen molar-refractivity contribution in [3.8, 4) is 0 Å². The van der Waals surface area contributed by atoms with Crippen molar-refractivity contribution in [3.63, 3.8) is 0 Å². The van der Waals surface area contributed by atoms with Crippen molar-refractivity contribution in [2.45, 2.75) is 105 Å². The Labute approximate surface area is 138 Å². The van der Waals surface area contributed by atoms with E-state index in [1.807, 2.05) is 0 Å². The van der Waals surface area contributed by atoms with Gasteiger partial charge in [0.15, 0.2) is 0 Å². The fraction of sp³-hybridized carbons (Fsp3) is 1.00. The first-order valence-corrected chi connectivity index (χ1v) is 13.7. The van der Waals surface area contributed by atoms with Crippen LogP contribution >= 0.6 is 0 Å². The van der Waals surface area contributed by atoms with E-state index in [4.69, 9.17) is 0 Å². The SMILES string of the molecule is CC(C)(C)[NH][W]([NH]C(C)(C)C)([NH]C(C)(C)C)[NH]C(C)(C)C. The van der Waals surface area contributed by atoms with Crippen molar-refractivity contribution < 1.29 is 17.1 Å². The third-order valence-electron chi connectivity index (χ3n) is 1.84. The van der Waals surface area contributed by atoms with Gasteiger partial charge in [0.25, 0.3) is 0 Å². The van der Waals surface area contributed by atoms with Crippen LogP contribution in [-0.4, -0.2) is 22.2 Å². The van der Waals surface area contributed by atoms with Gasteiger partial charge in [0.05, 0.1) is 0 Å². The van der Waals surface area contributed by atoms with Gasteiger partial charge < -0.3 is 0 Å². The molecule has 0 saturated carbocycles. The van der Waals surface area contributed by atoms with Crippen LogP contribution in [0, 0.1) is 0 Å². The molecular formula is C16H40N4W. The molecule has 0 heterocycles. The quantitative estimate of drug-likeness (QED) is 0.507. The van der Waals surface area contributed by atoms with Gasteiger partial charge in [-0.3, -0.25) is 0 Å². The molecule has 0 unspecified atom stereocenters. The maximum absolute atomic E-state index is 3.91. The summed E-state index contributed by atoms with van der Waals surface area (Å²) in [7, 11) is 0. The van der Waals surface area contributed by atoms with Gasteiger partial charge in [0, 0.05) is 0 Å². The average molecular weight is 472 g/mol. The number of hydrogen-bond donors (Lipinski definition) is 4. The predicted molar refractivity (Wildman–Crippen MR) is 91.6 cm³/mol. The molecule has 0 aliphatic carbocycles. The van der Waals surface area contributed by atoms with E-state index in [-0.39, 0.29) is 22.2 Å². The molecule has 130 valence electrons. The molecule has 4 N–H and O–H groups in total. The van der Waals surface area contributed by atoms with Crippen LogP contribution in [0.15, 0.2) is 0 Å². The number of hydrogen-bond acceptors (Lipinski definition) is 4. The topological polar surface area (TPSA) is 48.1 Å². The summed E-state index contributed by atoms with van der Waals surface area (Å²) in [5, 5.41) is 0. The van der Waals surface area contributed by atoms with Crippen LogP contribution in [0.25, 0.3) is 0 Å². The molecule has 0 rings (SSSR count). The minimum absolute atomic E-state index is 0.0457. The van der Waals surface area contributed by atoms with Crippen LogP contribution in [-0.2, 0) is 17.1 Å². The fourth-order valence-electron chi connectivity index (χ4n) is 1.99. The average Bonchev–Trinajstić information content (AvgIpc) is 1.83. The fourth-order valence-corrected chi connectivity index (χ4v) is 16.3. The van der Waals surface area contributed by atoms with E-state index in [1.165, 1.54) is 0 Å². The molecule has 0 aliphatic rings. The Bertz CT molecular complexity index is 257. The second-order valence-corrected chi connectivity index (χ2v) is 17.4. The van der Waals surface area contributed by atoms with E-state index in [0.717, 1.165) is 0 Å². The molecular weight excluding hydrogens is 432 g/mol. The molecule has 0 fully saturated rings. The molecule has 21 heavy (non-hydrogen) atoms. The van der Waals surface area contributed by atoms with Crippen LogP contribution in [0.3, 0.4) is 0 Å². The van der Waals surface area contributed by atoms with Crippen LogP contribution < -0.4 is 15.5 Å². The van der Waals surface area contributed by atoms with E-state index in [1.54, 1.807) is 0 Å². The van der Waals surface area contributed by atoms with Crippen molar-refractivity contribution in [2.24, 2.45) is 0 Å². The predicted octanol–water partition coefficient (Wildman–Crippen LogP) is 3.35. The van der Waals surface area contributed by atoms with Crippen molar-refractivity contribution in [2.75, 3.05) is 0 Å². The molecule has 0 spiro atoms. The Balaban J connectivity index is 5.70. The minimum atomic E-state index is -3.22. The van der Waals surface area contributed by atoms with E-state index in [9.17, 15) is 0 Å². The molecule has 0 radical (unpaired) electrons. The summed E-state index contributed by atoms with van der Waals surface area (Å²) < 4.78 is 15.7. The van der Waals surface area contributed by atoms with E-state index < -0.39 is 17.1 Å². The Morgan fingerprint density at radius 2 is 0.524 bits per heavy atom. The van der Waals surface area contributed by atoms with Crippen molar-refractivity contribution in [1.29, 1.82) is 0 Å². The first-order valence-electron chi connectivity index (χ1n) is 7.82. The Morgan fingerprint density at radius 3 is 0.619 bits per heavy atom. The Kier molecular flexibility index (Phi) is 6.73. The summed E-state index contributed by atoms with van der Waals surface area (Å²) in [5.41, 5.74) is 0.183. The number of rotatable bonds is 4. The third-order valence-corrected chi connectivity index (χ3v) is 15.0. The molecule has 0 amide bonds. The van der Waals surface area contributed by atoms with Gasteiger partial charge >= 0.3 is 138 Å². The van der Waals surface area contributed by atoms with Crippen LogP contribution in [0.2, 0.25) is 0 Å². The number of nitrogens with one attached hydrogen (secondary N) is 4. The first-order chi connectivity index (χ1) is 8.83. The summed E-state index contributed by atoms with van der Waals surface area (Å²) in [5.74, 6) is 0. The molecule has 0 atom stereocenters. The maximum atomic E-state index is 3.91. The zero-order valence-electron chi connectivity index (χ0n) is 16.4. The van der Waals surface area contributed by atoms with Gasteiger partial charge in [0.2, 0.25) is 0 Å². The summed E-state index contributed by atoms with van der Waals surface area (Å²) in [6, 6.07) is 0. The summed E-state index contributed by atoms with van der Waals surface area (Å²) in [6.07, 6.45) is 0. The third kappa shape index (κ3) is 11.7. The van der Waals surface area contributed by atoms with Crippen molar-refractivity contribution >= 4 is 0 Å². The molecule has 0 aromatic heterocycles. The molecule has 4 nitrogen and oxygen atoms in total. The Morgan fingerprint density at radius 1 is 0.381 bits per heavy atom. The molecule has 0 aliphatic heterocycles. The molecule has 5 heteroatoms. The summed E-state index contributed by atoms with van der Waals surface area (Å²) in [4.78, 5) is 0. The zero-order chi connectivity index (χ0) is 17.3. The van der Waals surface area contributed by atoms with Gasteiger partial charge in [-0.05, 0) is 0 Å². The van der Waals surface area contributed by atoms with Gasteiger partial charge in [-0.15, -0.1) is 0 Å². The van der Waals surface area contributed by atoms with Crippen LogP contribution in [0.4, 0.5) is 0 Å². The van der Waals surface area contributed by atoms with Gasteiger partial charge in [0.1, 0.15) is 0 Å². The zero-order valence-corrected chi connectivity index (χ0v) is 19.3. The first kappa shape index (κ1) is 21.5. The van der Waals surface area contributed by atoms with E-state index in [0.29, 0.717) is 0 Å². The van der Waals surface area contributed by atoms with Crippen molar-refractivity contribution in [3.05, 3.63) is 0 Å². The Hall–Kier alpha value is 0.528.